The lowest BCUT2D eigenvalue weighted by Crippen LogP contribution is -2.31. The van der Waals surface area contributed by atoms with Gasteiger partial charge in [0.1, 0.15) is 17.6 Å². The van der Waals surface area contributed by atoms with Crippen LogP contribution in [-0.2, 0) is 16.1 Å². The molecule has 3 heterocycles. The Hall–Kier alpha value is -2.56. The molecular formula is C20H26N4O3. The van der Waals surface area contributed by atoms with Gasteiger partial charge in [-0.2, -0.15) is 5.26 Å². The average molecular weight is 370 g/mol. The standard InChI is InChI=1S/C20H26N4O3/c1-13-15(3)24(12-16-6-4-8-26-16)20(17(13)10-21)23-19(25)11-22-14(2)18-7-5-9-27-18/h5,7,9,14,16,22H,4,6,8,11-12H2,1-3H3,(H,23,25)/t14-,16-/m0/s1. The summed E-state index contributed by atoms with van der Waals surface area (Å²) >= 11 is 0. The Morgan fingerprint density at radius 3 is 2.93 bits per heavy atom. The molecule has 1 saturated heterocycles. The number of furan rings is 1. The Labute approximate surface area is 159 Å². The van der Waals surface area contributed by atoms with Gasteiger partial charge in [-0.15, -0.1) is 0 Å². The summed E-state index contributed by atoms with van der Waals surface area (Å²) in [6, 6.07) is 5.83. The molecule has 0 unspecified atom stereocenters. The predicted octanol–water partition coefficient (Wildman–Crippen LogP) is 3.04. The maximum absolute atomic E-state index is 12.5. The fourth-order valence-corrected chi connectivity index (χ4v) is 3.41. The van der Waals surface area contributed by atoms with E-state index in [2.05, 4.69) is 16.7 Å². The van der Waals surface area contributed by atoms with Gasteiger partial charge >= 0.3 is 0 Å². The van der Waals surface area contributed by atoms with E-state index in [1.54, 1.807) is 6.26 Å². The van der Waals surface area contributed by atoms with Gasteiger partial charge in [0.2, 0.25) is 5.91 Å². The van der Waals surface area contributed by atoms with Crippen LogP contribution in [0.3, 0.4) is 0 Å². The van der Waals surface area contributed by atoms with Crippen LogP contribution in [0.5, 0.6) is 0 Å². The van der Waals surface area contributed by atoms with Gasteiger partial charge in [-0.25, -0.2) is 0 Å². The first-order valence-corrected chi connectivity index (χ1v) is 9.29. The van der Waals surface area contributed by atoms with Gasteiger partial charge in [0.15, 0.2) is 0 Å². The van der Waals surface area contributed by atoms with Crippen LogP contribution in [-0.4, -0.2) is 29.7 Å². The summed E-state index contributed by atoms with van der Waals surface area (Å²) in [4.78, 5) is 12.5. The Kier molecular flexibility index (Phi) is 5.99. The zero-order valence-corrected chi connectivity index (χ0v) is 16.0. The number of anilines is 1. The molecule has 0 saturated carbocycles. The van der Waals surface area contributed by atoms with Crippen LogP contribution in [0.1, 0.15) is 48.4 Å². The molecule has 0 radical (unpaired) electrons. The van der Waals surface area contributed by atoms with E-state index in [1.807, 2.05) is 37.5 Å². The largest absolute Gasteiger partial charge is 0.468 e. The molecule has 0 aromatic carbocycles. The molecule has 1 amide bonds. The second-order valence-corrected chi connectivity index (χ2v) is 6.96. The lowest BCUT2D eigenvalue weighted by Gasteiger charge is -2.17. The molecule has 7 heteroatoms. The van der Waals surface area contributed by atoms with Crippen LogP contribution in [0.15, 0.2) is 22.8 Å². The van der Waals surface area contributed by atoms with Crippen LogP contribution in [0.4, 0.5) is 5.82 Å². The zero-order valence-electron chi connectivity index (χ0n) is 16.0. The summed E-state index contributed by atoms with van der Waals surface area (Å²) in [5.74, 6) is 1.13. The Morgan fingerprint density at radius 1 is 1.48 bits per heavy atom. The molecule has 2 aromatic rings. The molecule has 1 fully saturated rings. The van der Waals surface area contributed by atoms with Crippen molar-refractivity contribution in [3.63, 3.8) is 0 Å². The minimum Gasteiger partial charge on any atom is -0.468 e. The highest BCUT2D eigenvalue weighted by Gasteiger charge is 2.24. The molecule has 0 spiro atoms. The van der Waals surface area contributed by atoms with Crippen molar-refractivity contribution < 1.29 is 13.9 Å². The summed E-state index contributed by atoms with van der Waals surface area (Å²) in [6.07, 6.45) is 3.77. The molecule has 2 aromatic heterocycles. The predicted molar refractivity (Wildman–Crippen MR) is 101 cm³/mol. The van der Waals surface area contributed by atoms with E-state index in [-0.39, 0.29) is 24.6 Å². The fourth-order valence-electron chi connectivity index (χ4n) is 3.41. The van der Waals surface area contributed by atoms with Crippen molar-refractivity contribution in [1.29, 1.82) is 5.26 Å². The van der Waals surface area contributed by atoms with Gasteiger partial charge in [-0.1, -0.05) is 0 Å². The molecule has 3 rings (SSSR count). The number of ether oxygens (including phenoxy) is 1. The summed E-state index contributed by atoms with van der Waals surface area (Å²) in [6.45, 7) is 7.34. The van der Waals surface area contributed by atoms with Gasteiger partial charge in [-0.05, 0) is 51.3 Å². The van der Waals surface area contributed by atoms with E-state index in [1.165, 1.54) is 0 Å². The molecule has 27 heavy (non-hydrogen) atoms. The summed E-state index contributed by atoms with van der Waals surface area (Å²) in [5, 5.41) is 15.6. The minimum absolute atomic E-state index is 0.0802. The van der Waals surface area contributed by atoms with Crippen molar-refractivity contribution in [3.05, 3.63) is 41.0 Å². The van der Waals surface area contributed by atoms with Crippen molar-refractivity contribution in [2.45, 2.75) is 52.3 Å². The zero-order chi connectivity index (χ0) is 19.4. The fraction of sp³-hybridized carbons (Fsp3) is 0.500. The van der Waals surface area contributed by atoms with E-state index >= 15 is 0 Å². The number of carbonyl (C=O) groups is 1. The number of aromatic nitrogens is 1. The number of nitriles is 1. The molecule has 2 N–H and O–H groups in total. The van der Waals surface area contributed by atoms with Crippen molar-refractivity contribution in [2.24, 2.45) is 0 Å². The minimum atomic E-state index is -0.198. The van der Waals surface area contributed by atoms with Crippen molar-refractivity contribution in [2.75, 3.05) is 18.5 Å². The molecule has 1 aliphatic heterocycles. The van der Waals surface area contributed by atoms with Crippen LogP contribution >= 0.6 is 0 Å². The number of nitrogens with one attached hydrogen (secondary N) is 2. The van der Waals surface area contributed by atoms with E-state index in [0.29, 0.717) is 17.9 Å². The highest BCUT2D eigenvalue weighted by molar-refractivity contribution is 5.93. The molecule has 7 nitrogen and oxygen atoms in total. The van der Waals surface area contributed by atoms with Crippen LogP contribution in [0, 0.1) is 25.2 Å². The lowest BCUT2D eigenvalue weighted by molar-refractivity contribution is -0.115. The summed E-state index contributed by atoms with van der Waals surface area (Å²) in [7, 11) is 0. The number of rotatable bonds is 7. The number of nitrogens with zero attached hydrogens (tertiary/aromatic N) is 2. The van der Waals surface area contributed by atoms with Gasteiger partial charge in [0, 0.05) is 12.3 Å². The Balaban J connectivity index is 1.71. The second-order valence-electron chi connectivity index (χ2n) is 6.96. The van der Waals surface area contributed by atoms with Crippen LogP contribution in [0.2, 0.25) is 0 Å². The number of hydrogen-bond donors (Lipinski definition) is 2. The molecule has 144 valence electrons. The van der Waals surface area contributed by atoms with Crippen molar-refractivity contribution in [1.82, 2.24) is 9.88 Å². The third-order valence-electron chi connectivity index (χ3n) is 5.15. The van der Waals surface area contributed by atoms with E-state index in [4.69, 9.17) is 9.15 Å². The number of carbonyl (C=O) groups excluding carboxylic acids is 1. The Morgan fingerprint density at radius 2 is 2.30 bits per heavy atom. The highest BCUT2D eigenvalue weighted by Crippen LogP contribution is 2.28. The maximum atomic E-state index is 12.5. The van der Waals surface area contributed by atoms with Gasteiger partial charge < -0.3 is 19.0 Å². The number of amides is 1. The molecular weight excluding hydrogens is 344 g/mol. The lowest BCUT2D eigenvalue weighted by atomic mass is 10.2. The molecule has 2 atom stereocenters. The first kappa shape index (κ1) is 19.2. The monoisotopic (exact) mass is 370 g/mol. The average Bonchev–Trinajstić information content (AvgIpc) is 3.40. The first-order chi connectivity index (χ1) is 13.0. The van der Waals surface area contributed by atoms with Crippen LogP contribution < -0.4 is 10.6 Å². The van der Waals surface area contributed by atoms with Gasteiger partial charge in [-0.3, -0.25) is 10.1 Å². The van der Waals surface area contributed by atoms with E-state index in [0.717, 1.165) is 36.5 Å². The van der Waals surface area contributed by atoms with Gasteiger partial charge in [0.05, 0.1) is 37.1 Å². The maximum Gasteiger partial charge on any atom is 0.239 e. The second kappa shape index (κ2) is 8.42. The smallest absolute Gasteiger partial charge is 0.239 e. The van der Waals surface area contributed by atoms with Gasteiger partial charge in [0.25, 0.3) is 0 Å². The normalized spacial score (nSPS) is 17.6. The van der Waals surface area contributed by atoms with Crippen LogP contribution in [0.25, 0.3) is 0 Å². The number of hydrogen-bond acceptors (Lipinski definition) is 5. The topological polar surface area (TPSA) is 92.2 Å². The first-order valence-electron chi connectivity index (χ1n) is 9.29. The molecule has 0 bridgehead atoms. The molecule has 1 aliphatic rings. The summed E-state index contributed by atoms with van der Waals surface area (Å²) < 4.78 is 13.1. The van der Waals surface area contributed by atoms with Crippen molar-refractivity contribution >= 4 is 11.7 Å². The van der Waals surface area contributed by atoms with E-state index < -0.39 is 0 Å². The molecule has 0 aliphatic carbocycles. The van der Waals surface area contributed by atoms with Crippen molar-refractivity contribution in [3.8, 4) is 6.07 Å². The Bertz CT molecular complexity index is 827. The van der Waals surface area contributed by atoms with E-state index in [9.17, 15) is 10.1 Å². The SMILES string of the molecule is Cc1c(C#N)c(NC(=O)CN[C@@H](C)c2ccco2)n(C[C@@H]2CCCO2)c1C. The quantitative estimate of drug-likeness (QED) is 0.781. The third-order valence-corrected chi connectivity index (χ3v) is 5.15. The summed E-state index contributed by atoms with van der Waals surface area (Å²) in [5.41, 5.74) is 2.38. The highest BCUT2D eigenvalue weighted by atomic mass is 16.5. The third kappa shape index (κ3) is 4.24.